The molecule has 0 saturated heterocycles. The molecule has 0 spiro atoms. The number of nitrogens with zero attached hydrogens (tertiary/aromatic N) is 2. The summed E-state index contributed by atoms with van der Waals surface area (Å²) in [5, 5.41) is 16.8. The molecular weight excluding hydrogens is 516 g/mol. The summed E-state index contributed by atoms with van der Waals surface area (Å²) in [5.41, 5.74) is 4.37. The van der Waals surface area contributed by atoms with Gasteiger partial charge < -0.3 is 14.2 Å². The lowest BCUT2D eigenvalue weighted by Gasteiger charge is -1.99. The maximum Gasteiger partial charge on any atom is 0.177 e. The van der Waals surface area contributed by atoms with E-state index in [0.29, 0.717) is 22.8 Å². The van der Waals surface area contributed by atoms with E-state index >= 15 is 0 Å². The van der Waals surface area contributed by atoms with Crippen molar-refractivity contribution in [3.8, 4) is 22.6 Å². The van der Waals surface area contributed by atoms with E-state index in [1.54, 1.807) is 6.92 Å². The van der Waals surface area contributed by atoms with Crippen molar-refractivity contribution >= 4 is 38.1 Å². The van der Waals surface area contributed by atoms with E-state index in [2.05, 4.69) is 42.2 Å². The maximum atomic E-state index is 10.8. The van der Waals surface area contributed by atoms with Gasteiger partial charge in [0.15, 0.2) is 17.8 Å². The van der Waals surface area contributed by atoms with Crippen LogP contribution in [0.4, 0.5) is 0 Å². The van der Waals surface area contributed by atoms with Crippen LogP contribution < -0.4 is 0 Å². The number of hydrogen-bond donors (Lipinski definition) is 1. The number of aldehydes is 1. The van der Waals surface area contributed by atoms with Gasteiger partial charge in [0.05, 0.1) is 23.6 Å². The number of aromatic nitrogens is 2. The lowest BCUT2D eigenvalue weighted by atomic mass is 10.1. The summed E-state index contributed by atoms with van der Waals surface area (Å²) in [4.78, 5) is 10.8. The number of halogens is 2. The first-order chi connectivity index (χ1) is 14.4. The van der Waals surface area contributed by atoms with Crippen LogP contribution in [0.15, 0.2) is 66.5 Å². The average Bonchev–Trinajstić information content (AvgIpc) is 3.31. The number of carbonyl (C=O) groups excluding carboxylic acids is 1. The number of aliphatic hydroxyl groups excluding tert-OH is 1. The van der Waals surface area contributed by atoms with Gasteiger partial charge in [0.25, 0.3) is 0 Å². The third-order valence-electron chi connectivity index (χ3n) is 4.38. The van der Waals surface area contributed by atoms with Gasteiger partial charge in [-0.25, -0.2) is 0 Å². The second kappa shape index (κ2) is 9.97. The van der Waals surface area contributed by atoms with Gasteiger partial charge in [0, 0.05) is 25.6 Å². The Morgan fingerprint density at radius 1 is 0.833 bits per heavy atom. The molecule has 0 amide bonds. The molecule has 6 nitrogen and oxygen atoms in total. The molecule has 1 N–H and O–H groups in total. The summed E-state index contributed by atoms with van der Waals surface area (Å²) in [7, 11) is 0. The highest BCUT2D eigenvalue weighted by Gasteiger charge is 2.14. The topological polar surface area (TPSA) is 89.4 Å². The van der Waals surface area contributed by atoms with Crippen LogP contribution in [0.1, 0.15) is 27.3 Å². The highest BCUT2D eigenvalue weighted by molar-refractivity contribution is 9.10. The number of aliphatic hydroxyl groups is 1. The zero-order valence-electron chi connectivity index (χ0n) is 16.2. The van der Waals surface area contributed by atoms with Crippen LogP contribution in [0.5, 0.6) is 0 Å². The molecule has 0 saturated carbocycles. The highest BCUT2D eigenvalue weighted by Crippen LogP contribution is 2.27. The third kappa shape index (κ3) is 4.95. The Labute approximate surface area is 190 Å². The molecule has 2 aromatic heterocycles. The van der Waals surface area contributed by atoms with Gasteiger partial charge in [0.1, 0.15) is 0 Å². The zero-order chi connectivity index (χ0) is 21.7. The molecule has 4 rings (SSSR count). The van der Waals surface area contributed by atoms with Crippen LogP contribution in [0, 0.1) is 13.8 Å². The van der Waals surface area contributed by atoms with Crippen LogP contribution in [-0.4, -0.2) is 21.7 Å². The lowest BCUT2D eigenvalue weighted by Crippen LogP contribution is -1.87. The van der Waals surface area contributed by atoms with Gasteiger partial charge in [-0.2, -0.15) is 0 Å². The van der Waals surface area contributed by atoms with E-state index < -0.39 is 0 Å². The second-order valence-electron chi connectivity index (χ2n) is 6.38. The quantitative estimate of drug-likeness (QED) is 0.317. The number of aryl methyl sites for hydroxylation is 2. The van der Waals surface area contributed by atoms with Gasteiger partial charge in [-0.3, -0.25) is 4.79 Å². The Balaban J connectivity index is 0.000000171. The van der Waals surface area contributed by atoms with Crippen molar-refractivity contribution in [1.29, 1.82) is 0 Å². The minimum absolute atomic E-state index is 0.0548. The first kappa shape index (κ1) is 22.1. The van der Waals surface area contributed by atoms with Crippen molar-refractivity contribution < 1.29 is 18.9 Å². The average molecular weight is 534 g/mol. The van der Waals surface area contributed by atoms with E-state index in [-0.39, 0.29) is 6.61 Å². The molecule has 30 heavy (non-hydrogen) atoms. The van der Waals surface area contributed by atoms with Crippen LogP contribution >= 0.6 is 31.9 Å². The number of carbonyl (C=O) groups is 1. The number of rotatable bonds is 4. The van der Waals surface area contributed by atoms with E-state index in [1.165, 1.54) is 0 Å². The highest BCUT2D eigenvalue weighted by atomic mass is 79.9. The summed E-state index contributed by atoms with van der Waals surface area (Å²) in [5.74, 6) is 1.16. The summed E-state index contributed by atoms with van der Waals surface area (Å²) in [6, 6.07) is 15.2. The van der Waals surface area contributed by atoms with Crippen LogP contribution in [0.3, 0.4) is 0 Å². The Kier molecular flexibility index (Phi) is 7.36. The standard InChI is InChI=1S/C11H10BrNO2.C11H8BrNO2/c2*1-7-10(6-14)11(15-13-7)8-2-4-9(12)5-3-8/h2-5,14H,6H2,1H3;2-6H,1H3. The molecule has 0 bridgehead atoms. The van der Waals surface area contributed by atoms with Crippen LogP contribution in [0.2, 0.25) is 0 Å². The maximum absolute atomic E-state index is 10.8. The molecule has 154 valence electrons. The molecule has 0 aliphatic carbocycles. The van der Waals surface area contributed by atoms with Crippen LogP contribution in [-0.2, 0) is 6.61 Å². The van der Waals surface area contributed by atoms with Crippen molar-refractivity contribution in [3.63, 3.8) is 0 Å². The fourth-order valence-electron chi connectivity index (χ4n) is 2.73. The van der Waals surface area contributed by atoms with E-state index in [9.17, 15) is 9.90 Å². The van der Waals surface area contributed by atoms with Crippen molar-refractivity contribution in [3.05, 3.63) is 80.0 Å². The molecule has 0 radical (unpaired) electrons. The fraction of sp³-hybridized carbons (Fsp3) is 0.136. The SMILES string of the molecule is Cc1noc(-c2ccc(Br)cc2)c1C=O.Cc1noc(-c2ccc(Br)cc2)c1CO. The fourth-order valence-corrected chi connectivity index (χ4v) is 3.26. The summed E-state index contributed by atoms with van der Waals surface area (Å²) in [6.45, 7) is 3.51. The molecular formula is C22H18Br2N2O4. The predicted octanol–water partition coefficient (Wildman–Crippen LogP) is 6.13. The van der Waals surface area contributed by atoms with Gasteiger partial charge in [0.2, 0.25) is 0 Å². The van der Waals surface area contributed by atoms with E-state index in [1.807, 2.05) is 55.5 Å². The minimum atomic E-state index is -0.0548. The molecule has 0 aliphatic rings. The molecule has 2 aromatic carbocycles. The van der Waals surface area contributed by atoms with Crippen molar-refractivity contribution in [1.82, 2.24) is 10.3 Å². The molecule has 0 aliphatic heterocycles. The van der Waals surface area contributed by atoms with Gasteiger partial charge in [-0.15, -0.1) is 0 Å². The zero-order valence-corrected chi connectivity index (χ0v) is 19.4. The van der Waals surface area contributed by atoms with Crippen molar-refractivity contribution in [2.24, 2.45) is 0 Å². The molecule has 0 atom stereocenters. The monoisotopic (exact) mass is 532 g/mol. The Morgan fingerprint density at radius 2 is 1.30 bits per heavy atom. The van der Waals surface area contributed by atoms with Gasteiger partial charge in [-0.05, 0) is 50.2 Å². The van der Waals surface area contributed by atoms with Gasteiger partial charge >= 0.3 is 0 Å². The molecule has 2 heterocycles. The predicted molar refractivity (Wildman–Crippen MR) is 120 cm³/mol. The van der Waals surface area contributed by atoms with Crippen LogP contribution in [0.25, 0.3) is 22.6 Å². The smallest absolute Gasteiger partial charge is 0.177 e. The second-order valence-corrected chi connectivity index (χ2v) is 8.21. The van der Waals surface area contributed by atoms with E-state index in [4.69, 9.17) is 9.05 Å². The molecule has 4 aromatic rings. The van der Waals surface area contributed by atoms with Crippen molar-refractivity contribution in [2.75, 3.05) is 0 Å². The Bertz CT molecular complexity index is 1130. The largest absolute Gasteiger partial charge is 0.391 e. The van der Waals surface area contributed by atoms with E-state index in [0.717, 1.165) is 37.6 Å². The first-order valence-corrected chi connectivity index (χ1v) is 10.5. The van der Waals surface area contributed by atoms with Crippen molar-refractivity contribution in [2.45, 2.75) is 20.5 Å². The molecule has 0 fully saturated rings. The molecule has 8 heteroatoms. The summed E-state index contributed by atoms with van der Waals surface area (Å²) < 4.78 is 12.3. The Hall–Kier alpha value is -2.55. The Morgan fingerprint density at radius 3 is 1.80 bits per heavy atom. The summed E-state index contributed by atoms with van der Waals surface area (Å²) >= 11 is 6.71. The number of benzene rings is 2. The lowest BCUT2D eigenvalue weighted by molar-refractivity contribution is 0.112. The molecule has 0 unspecified atom stereocenters. The summed E-state index contributed by atoms with van der Waals surface area (Å²) in [6.07, 6.45) is 0.767. The van der Waals surface area contributed by atoms with Gasteiger partial charge in [-0.1, -0.05) is 54.3 Å². The first-order valence-electron chi connectivity index (χ1n) is 8.94. The number of hydrogen-bond acceptors (Lipinski definition) is 6. The third-order valence-corrected chi connectivity index (χ3v) is 5.44. The minimum Gasteiger partial charge on any atom is -0.391 e. The normalized spacial score (nSPS) is 10.4.